The fraction of sp³-hybridized carbons (Fsp3) is 0.425. The van der Waals surface area contributed by atoms with E-state index in [1.165, 1.54) is 0 Å². The van der Waals surface area contributed by atoms with E-state index in [1.54, 1.807) is 18.2 Å². The van der Waals surface area contributed by atoms with Crippen molar-refractivity contribution < 1.29 is 19.5 Å². The highest BCUT2D eigenvalue weighted by molar-refractivity contribution is 5.98. The van der Waals surface area contributed by atoms with Crippen molar-refractivity contribution in [2.45, 2.75) is 88.0 Å². The van der Waals surface area contributed by atoms with E-state index in [0.717, 1.165) is 33.4 Å². The van der Waals surface area contributed by atoms with E-state index in [4.69, 9.17) is 0 Å². The monoisotopic (exact) mass is 596 g/mol. The molecule has 0 fully saturated rings. The maximum atomic E-state index is 12.9. The molecule has 0 spiro atoms. The van der Waals surface area contributed by atoms with Gasteiger partial charge in [0.2, 0.25) is 0 Å². The summed E-state index contributed by atoms with van der Waals surface area (Å²) in [5, 5.41) is 9.81. The van der Waals surface area contributed by atoms with Crippen molar-refractivity contribution in [3.63, 3.8) is 0 Å². The number of ketones is 3. The highest BCUT2D eigenvalue weighted by atomic mass is 16.3. The van der Waals surface area contributed by atoms with E-state index in [1.807, 2.05) is 78.0 Å². The smallest absolute Gasteiger partial charge is 0.165 e. The summed E-state index contributed by atoms with van der Waals surface area (Å²) in [5.74, 6) is 0.578. The number of carbonyl (C=O) groups is 3. The summed E-state index contributed by atoms with van der Waals surface area (Å²) in [6.07, 6.45) is 27.3. The molecule has 2 rings (SSSR count). The molecule has 4 heteroatoms. The molecule has 0 amide bonds. The maximum Gasteiger partial charge on any atom is 0.165 e. The fourth-order valence-electron chi connectivity index (χ4n) is 6.02. The Kier molecular flexibility index (Phi) is 13.7. The van der Waals surface area contributed by atoms with Crippen molar-refractivity contribution in [3.05, 3.63) is 118 Å². The van der Waals surface area contributed by atoms with E-state index < -0.39 is 0 Å². The molecule has 0 aromatic carbocycles. The minimum absolute atomic E-state index is 0.0669. The number of aliphatic hydroxyl groups excluding tert-OH is 1. The topological polar surface area (TPSA) is 71.4 Å². The number of allylic oxidation sites excluding steroid dienone is 19. The van der Waals surface area contributed by atoms with Gasteiger partial charge in [0.25, 0.3) is 0 Å². The molecular weight excluding hydrogens is 544 g/mol. The lowest BCUT2D eigenvalue weighted by atomic mass is 9.68. The van der Waals surface area contributed by atoms with Crippen LogP contribution in [0.3, 0.4) is 0 Å². The molecular formula is C40H52O4. The van der Waals surface area contributed by atoms with Crippen LogP contribution in [0, 0.1) is 16.7 Å². The molecule has 2 aliphatic rings. The van der Waals surface area contributed by atoms with Gasteiger partial charge in [0.05, 0.1) is 6.61 Å². The van der Waals surface area contributed by atoms with Crippen LogP contribution in [0.2, 0.25) is 0 Å². The van der Waals surface area contributed by atoms with Gasteiger partial charge in [-0.1, -0.05) is 134 Å². The molecule has 0 bridgehead atoms. The highest BCUT2D eigenvalue weighted by Crippen LogP contribution is 2.41. The van der Waals surface area contributed by atoms with Crippen molar-refractivity contribution in [1.82, 2.24) is 0 Å². The highest BCUT2D eigenvalue weighted by Gasteiger charge is 2.35. The Hall–Kier alpha value is -3.63. The molecule has 4 nitrogen and oxygen atoms in total. The Labute approximate surface area is 265 Å². The zero-order chi connectivity index (χ0) is 33.1. The zero-order valence-corrected chi connectivity index (χ0v) is 28.3. The average Bonchev–Trinajstić information content (AvgIpc) is 2.89. The zero-order valence-electron chi connectivity index (χ0n) is 28.3. The van der Waals surface area contributed by atoms with Crippen LogP contribution in [0.5, 0.6) is 0 Å². The van der Waals surface area contributed by atoms with E-state index in [9.17, 15) is 19.5 Å². The van der Waals surface area contributed by atoms with Gasteiger partial charge in [-0.25, -0.2) is 0 Å². The van der Waals surface area contributed by atoms with Crippen LogP contribution in [-0.4, -0.2) is 29.1 Å². The Morgan fingerprint density at radius 3 is 1.93 bits per heavy atom. The van der Waals surface area contributed by atoms with E-state index in [2.05, 4.69) is 45.1 Å². The summed E-state index contributed by atoms with van der Waals surface area (Å²) in [5.41, 5.74) is 6.36. The van der Waals surface area contributed by atoms with Gasteiger partial charge in [-0.2, -0.15) is 0 Å². The number of hydrogen-bond acceptors (Lipinski definition) is 4. The van der Waals surface area contributed by atoms with Crippen LogP contribution in [0.15, 0.2) is 118 Å². The molecule has 2 aliphatic carbocycles. The first kappa shape index (κ1) is 36.6. The van der Waals surface area contributed by atoms with Gasteiger partial charge in [-0.3, -0.25) is 14.4 Å². The second-order valence-corrected chi connectivity index (χ2v) is 13.7. The third-order valence-corrected chi connectivity index (χ3v) is 8.41. The van der Waals surface area contributed by atoms with Gasteiger partial charge in [0, 0.05) is 37.2 Å². The Morgan fingerprint density at radius 2 is 1.39 bits per heavy atom. The van der Waals surface area contributed by atoms with Gasteiger partial charge in [0.1, 0.15) is 5.78 Å². The molecule has 0 heterocycles. The van der Waals surface area contributed by atoms with Gasteiger partial charge < -0.3 is 5.11 Å². The molecule has 0 saturated heterocycles. The van der Waals surface area contributed by atoms with Crippen LogP contribution in [0.4, 0.5) is 0 Å². The third-order valence-electron chi connectivity index (χ3n) is 8.41. The lowest BCUT2D eigenvalue weighted by Crippen LogP contribution is -2.30. The summed E-state index contributed by atoms with van der Waals surface area (Å²) in [6.45, 7) is 18.1. The number of carbonyl (C=O) groups excluding carboxylic acids is 3. The van der Waals surface area contributed by atoms with Crippen LogP contribution in [-0.2, 0) is 14.4 Å². The largest absolute Gasteiger partial charge is 0.392 e. The van der Waals surface area contributed by atoms with E-state index >= 15 is 0 Å². The number of aliphatic hydroxyl groups is 1. The first-order valence-corrected chi connectivity index (χ1v) is 15.5. The SMILES string of the molecule is CC1=CC(=O)CC(C)(C)[C@H]1/C=C/C(C)=C/C=C/C(C)=C/C=C/C=C(C)/C=C/C=C(\CO)C(=O)CC1=C(C)CC(=O)CC1(C)C. The van der Waals surface area contributed by atoms with Gasteiger partial charge in [-0.05, 0) is 51.5 Å². The summed E-state index contributed by atoms with van der Waals surface area (Å²) in [6, 6.07) is 0. The molecule has 236 valence electrons. The summed E-state index contributed by atoms with van der Waals surface area (Å²) >= 11 is 0. The Bertz CT molecular complexity index is 1420. The molecule has 1 N–H and O–H groups in total. The lowest BCUT2D eigenvalue weighted by Gasteiger charge is -2.35. The fourth-order valence-corrected chi connectivity index (χ4v) is 6.02. The average molecular weight is 597 g/mol. The van der Waals surface area contributed by atoms with Crippen molar-refractivity contribution >= 4 is 17.3 Å². The number of hydrogen-bond donors (Lipinski definition) is 1. The molecule has 0 unspecified atom stereocenters. The Morgan fingerprint density at radius 1 is 0.841 bits per heavy atom. The van der Waals surface area contributed by atoms with Crippen LogP contribution < -0.4 is 0 Å². The third kappa shape index (κ3) is 11.5. The first-order chi connectivity index (χ1) is 20.6. The second-order valence-electron chi connectivity index (χ2n) is 13.7. The predicted molar refractivity (Wildman–Crippen MR) is 184 cm³/mol. The van der Waals surface area contributed by atoms with Gasteiger partial charge in [-0.15, -0.1) is 0 Å². The minimum atomic E-state index is -0.333. The molecule has 0 aliphatic heterocycles. The molecule has 0 radical (unpaired) electrons. The van der Waals surface area contributed by atoms with Gasteiger partial charge in [0.15, 0.2) is 11.6 Å². The number of rotatable bonds is 12. The summed E-state index contributed by atoms with van der Waals surface area (Å²) in [4.78, 5) is 36.8. The minimum Gasteiger partial charge on any atom is -0.392 e. The number of Topliss-reactive ketones (excluding diaryl/α,β-unsaturated/α-hetero) is 2. The Balaban J connectivity index is 1.94. The standard InChI is InChI=1S/C40H52O4/c1-28(16-12-17-30(3)20-21-36-31(4)22-34(42)25-39(36,6)7)14-10-11-15-29(2)18-13-19-33(27-41)38(44)24-37-32(5)23-35(43)26-40(37,8)9/h10-22,36,41H,23-27H2,1-9H3/b11-10+,16-12+,18-13+,21-20+,28-14+,29-15+,30-17+,33-19+/t36-/m0/s1. The van der Waals surface area contributed by atoms with Crippen molar-refractivity contribution in [1.29, 1.82) is 0 Å². The normalized spacial score (nSPS) is 22.3. The van der Waals surface area contributed by atoms with Crippen LogP contribution in [0.1, 0.15) is 88.0 Å². The predicted octanol–water partition coefficient (Wildman–Crippen LogP) is 9.20. The molecule has 0 aromatic rings. The molecule has 1 atom stereocenters. The lowest BCUT2D eigenvalue weighted by molar-refractivity contribution is -0.121. The van der Waals surface area contributed by atoms with Crippen LogP contribution in [0.25, 0.3) is 0 Å². The van der Waals surface area contributed by atoms with Gasteiger partial charge >= 0.3 is 0 Å². The van der Waals surface area contributed by atoms with E-state index in [-0.39, 0.29) is 47.1 Å². The first-order valence-electron chi connectivity index (χ1n) is 15.5. The van der Waals surface area contributed by atoms with Crippen molar-refractivity contribution in [2.24, 2.45) is 16.7 Å². The van der Waals surface area contributed by atoms with E-state index in [0.29, 0.717) is 24.8 Å². The quantitative estimate of drug-likeness (QED) is 0.138. The van der Waals surface area contributed by atoms with Crippen LogP contribution >= 0.6 is 0 Å². The summed E-state index contributed by atoms with van der Waals surface area (Å²) in [7, 11) is 0. The second kappa shape index (κ2) is 16.4. The summed E-state index contributed by atoms with van der Waals surface area (Å²) < 4.78 is 0. The maximum absolute atomic E-state index is 12.9. The van der Waals surface area contributed by atoms with Crippen molar-refractivity contribution in [3.8, 4) is 0 Å². The molecule has 0 aromatic heterocycles. The molecule has 44 heavy (non-hydrogen) atoms. The molecule has 0 saturated carbocycles. The van der Waals surface area contributed by atoms with Crippen molar-refractivity contribution in [2.75, 3.05) is 6.61 Å².